The van der Waals surface area contributed by atoms with E-state index in [0.717, 1.165) is 11.3 Å². The number of nitriles is 1. The molecule has 0 aliphatic carbocycles. The quantitative estimate of drug-likeness (QED) is 0.827. The first kappa shape index (κ1) is 19.7. The summed E-state index contributed by atoms with van der Waals surface area (Å²) in [5.74, 6) is 1.21. The summed E-state index contributed by atoms with van der Waals surface area (Å²) in [6.07, 6.45) is 1.15. The van der Waals surface area contributed by atoms with E-state index < -0.39 is 5.41 Å². The number of carbonyl (C=O) groups is 1. The van der Waals surface area contributed by atoms with Crippen LogP contribution in [0.25, 0.3) is 0 Å². The summed E-state index contributed by atoms with van der Waals surface area (Å²) in [7, 11) is 1.61. The van der Waals surface area contributed by atoms with Gasteiger partial charge in [0.05, 0.1) is 30.4 Å². The Morgan fingerprint density at radius 2 is 1.86 bits per heavy atom. The Morgan fingerprint density at radius 3 is 2.46 bits per heavy atom. The highest BCUT2D eigenvalue weighted by Gasteiger charge is 2.42. The molecule has 6 heteroatoms. The Morgan fingerprint density at radius 1 is 1.18 bits per heavy atom. The molecular weight excluding hydrogens is 356 g/mol. The van der Waals surface area contributed by atoms with E-state index >= 15 is 0 Å². The van der Waals surface area contributed by atoms with E-state index in [0.29, 0.717) is 49.7 Å². The molecule has 146 valence electrons. The lowest BCUT2D eigenvalue weighted by Gasteiger charge is -2.36. The van der Waals surface area contributed by atoms with E-state index in [-0.39, 0.29) is 5.91 Å². The molecule has 0 aromatic heterocycles. The molecule has 6 nitrogen and oxygen atoms in total. The van der Waals surface area contributed by atoms with Gasteiger partial charge in [0.15, 0.2) is 0 Å². The molecule has 1 N–H and O–H groups in total. The number of ether oxygens (including phenoxy) is 3. The van der Waals surface area contributed by atoms with Gasteiger partial charge in [-0.2, -0.15) is 5.26 Å². The van der Waals surface area contributed by atoms with Crippen LogP contribution in [0.1, 0.15) is 30.9 Å². The molecule has 0 spiro atoms. The fourth-order valence-corrected chi connectivity index (χ4v) is 3.50. The molecule has 0 unspecified atom stereocenters. The molecule has 0 radical (unpaired) electrons. The topological polar surface area (TPSA) is 80.6 Å². The van der Waals surface area contributed by atoms with Gasteiger partial charge in [0.2, 0.25) is 5.91 Å². The normalized spacial score (nSPS) is 15.3. The minimum atomic E-state index is -0.712. The fourth-order valence-electron chi connectivity index (χ4n) is 3.50. The average Bonchev–Trinajstić information content (AvgIpc) is 2.75. The van der Waals surface area contributed by atoms with Crippen molar-refractivity contribution in [3.8, 4) is 17.6 Å². The number of benzene rings is 2. The van der Waals surface area contributed by atoms with Crippen LogP contribution < -0.4 is 14.8 Å². The summed E-state index contributed by atoms with van der Waals surface area (Å²) < 4.78 is 16.2. The van der Waals surface area contributed by atoms with Crippen LogP contribution in [-0.2, 0) is 14.9 Å². The molecule has 1 heterocycles. The highest BCUT2D eigenvalue weighted by molar-refractivity contribution is 6.00. The van der Waals surface area contributed by atoms with E-state index in [1.54, 1.807) is 25.3 Å². The molecule has 1 aliphatic rings. The van der Waals surface area contributed by atoms with Gasteiger partial charge in [-0.05, 0) is 55.7 Å². The number of hydrogen-bond acceptors (Lipinski definition) is 5. The summed E-state index contributed by atoms with van der Waals surface area (Å²) in [5, 5.41) is 12.4. The van der Waals surface area contributed by atoms with Crippen molar-refractivity contribution in [3.05, 3.63) is 53.6 Å². The van der Waals surface area contributed by atoms with E-state index in [4.69, 9.17) is 14.2 Å². The Hall–Kier alpha value is -3.04. The van der Waals surface area contributed by atoms with Gasteiger partial charge in [-0.15, -0.1) is 0 Å². The third kappa shape index (κ3) is 3.95. The summed E-state index contributed by atoms with van der Waals surface area (Å²) in [5.41, 5.74) is 1.06. The highest BCUT2D eigenvalue weighted by Crippen LogP contribution is 2.37. The molecule has 1 fully saturated rings. The van der Waals surface area contributed by atoms with Crippen molar-refractivity contribution >= 4 is 11.6 Å². The Labute approximate surface area is 165 Å². The molecule has 3 rings (SSSR count). The van der Waals surface area contributed by atoms with Gasteiger partial charge in [-0.1, -0.05) is 12.1 Å². The first-order chi connectivity index (χ1) is 13.6. The molecule has 0 saturated carbocycles. The van der Waals surface area contributed by atoms with E-state index in [1.165, 1.54) is 0 Å². The Balaban J connectivity index is 1.91. The minimum absolute atomic E-state index is 0.137. The summed E-state index contributed by atoms with van der Waals surface area (Å²) in [6.45, 7) is 3.41. The summed E-state index contributed by atoms with van der Waals surface area (Å²) >= 11 is 0. The Bertz CT molecular complexity index is 865. The number of methoxy groups -OCH3 is 1. The number of carbonyl (C=O) groups excluding carboxylic acids is 1. The number of hydrogen-bond donors (Lipinski definition) is 1. The van der Waals surface area contributed by atoms with Crippen LogP contribution in [0.5, 0.6) is 11.5 Å². The summed E-state index contributed by atoms with van der Waals surface area (Å²) in [6, 6.07) is 14.8. The zero-order valence-electron chi connectivity index (χ0n) is 16.2. The van der Waals surface area contributed by atoms with Gasteiger partial charge >= 0.3 is 0 Å². The smallest absolute Gasteiger partial charge is 0.235 e. The van der Waals surface area contributed by atoms with Crippen molar-refractivity contribution < 1.29 is 19.0 Å². The van der Waals surface area contributed by atoms with Crippen molar-refractivity contribution in [3.63, 3.8) is 0 Å². The molecule has 1 amide bonds. The lowest BCUT2D eigenvalue weighted by Crippen LogP contribution is -2.45. The number of rotatable bonds is 6. The van der Waals surface area contributed by atoms with Gasteiger partial charge in [0.1, 0.15) is 17.6 Å². The van der Waals surface area contributed by atoms with Crippen molar-refractivity contribution in [2.45, 2.75) is 25.2 Å². The monoisotopic (exact) mass is 380 g/mol. The molecule has 1 aliphatic heterocycles. The highest BCUT2D eigenvalue weighted by atomic mass is 16.5. The first-order valence-electron chi connectivity index (χ1n) is 9.33. The third-order valence-electron chi connectivity index (χ3n) is 5.09. The zero-order valence-corrected chi connectivity index (χ0v) is 16.2. The van der Waals surface area contributed by atoms with Gasteiger partial charge in [-0.3, -0.25) is 4.79 Å². The number of nitrogens with zero attached hydrogens (tertiary/aromatic N) is 1. The van der Waals surface area contributed by atoms with E-state index in [1.807, 2.05) is 31.2 Å². The SMILES string of the molecule is CCOc1ccc(NC(=O)C2(c3ccc(OC)cc3)CCOCC2)c(C#N)c1. The molecule has 0 bridgehead atoms. The second kappa shape index (κ2) is 8.77. The standard InChI is InChI=1S/C22H24N2O4/c1-3-28-19-8-9-20(16(14-19)15-23)24-21(25)22(10-12-27-13-11-22)17-4-6-18(26-2)7-5-17/h4-9,14H,3,10-13H2,1-2H3,(H,24,25). The fraction of sp³-hybridized carbons (Fsp3) is 0.364. The van der Waals surface area contributed by atoms with Gasteiger partial charge in [0.25, 0.3) is 0 Å². The average molecular weight is 380 g/mol. The van der Waals surface area contributed by atoms with Crippen LogP contribution in [-0.4, -0.2) is 32.8 Å². The van der Waals surface area contributed by atoms with Crippen molar-refractivity contribution in [1.29, 1.82) is 5.26 Å². The predicted molar refractivity (Wildman–Crippen MR) is 106 cm³/mol. The second-order valence-electron chi connectivity index (χ2n) is 6.63. The zero-order chi connectivity index (χ0) is 20.0. The lowest BCUT2D eigenvalue weighted by molar-refractivity contribution is -0.125. The summed E-state index contributed by atoms with van der Waals surface area (Å²) in [4.78, 5) is 13.4. The molecule has 2 aromatic carbocycles. The maximum Gasteiger partial charge on any atom is 0.235 e. The largest absolute Gasteiger partial charge is 0.497 e. The molecule has 28 heavy (non-hydrogen) atoms. The van der Waals surface area contributed by atoms with Crippen LogP contribution in [0, 0.1) is 11.3 Å². The van der Waals surface area contributed by atoms with E-state index in [2.05, 4.69) is 11.4 Å². The van der Waals surface area contributed by atoms with Crippen LogP contribution in [0.3, 0.4) is 0 Å². The van der Waals surface area contributed by atoms with Gasteiger partial charge in [0, 0.05) is 13.2 Å². The second-order valence-corrected chi connectivity index (χ2v) is 6.63. The molecule has 2 aromatic rings. The van der Waals surface area contributed by atoms with Crippen molar-refractivity contribution in [1.82, 2.24) is 0 Å². The van der Waals surface area contributed by atoms with Crippen LogP contribution in [0.15, 0.2) is 42.5 Å². The number of nitrogens with one attached hydrogen (secondary N) is 1. The van der Waals surface area contributed by atoms with Crippen molar-refractivity contribution in [2.75, 3.05) is 32.2 Å². The van der Waals surface area contributed by atoms with Crippen LogP contribution in [0.4, 0.5) is 5.69 Å². The predicted octanol–water partition coefficient (Wildman–Crippen LogP) is 3.65. The van der Waals surface area contributed by atoms with Gasteiger partial charge in [-0.25, -0.2) is 0 Å². The van der Waals surface area contributed by atoms with Crippen LogP contribution in [0.2, 0.25) is 0 Å². The molecule has 1 saturated heterocycles. The lowest BCUT2D eigenvalue weighted by atomic mass is 9.73. The molecule has 0 atom stereocenters. The maximum atomic E-state index is 13.4. The first-order valence-corrected chi connectivity index (χ1v) is 9.33. The molecular formula is C22H24N2O4. The number of amides is 1. The number of anilines is 1. The third-order valence-corrected chi connectivity index (χ3v) is 5.09. The van der Waals surface area contributed by atoms with Gasteiger partial charge < -0.3 is 19.5 Å². The van der Waals surface area contributed by atoms with Crippen LogP contribution >= 0.6 is 0 Å². The van der Waals surface area contributed by atoms with E-state index in [9.17, 15) is 10.1 Å². The maximum absolute atomic E-state index is 13.4. The Kier molecular flexibility index (Phi) is 6.17. The minimum Gasteiger partial charge on any atom is -0.497 e. The van der Waals surface area contributed by atoms with Crippen molar-refractivity contribution in [2.24, 2.45) is 0 Å².